The zero-order valence-corrected chi connectivity index (χ0v) is 13.5. The fourth-order valence-electron chi connectivity index (χ4n) is 2.86. The van der Waals surface area contributed by atoms with E-state index in [4.69, 9.17) is 5.73 Å². The molecule has 1 saturated carbocycles. The Morgan fingerprint density at radius 3 is 2.55 bits per heavy atom. The molecule has 2 atom stereocenters. The van der Waals surface area contributed by atoms with Gasteiger partial charge in [0.15, 0.2) is 0 Å². The van der Waals surface area contributed by atoms with Crippen molar-refractivity contribution in [1.82, 2.24) is 9.97 Å². The van der Waals surface area contributed by atoms with Crippen LogP contribution < -0.4 is 16.0 Å². The molecule has 20 heavy (non-hydrogen) atoms. The maximum absolute atomic E-state index is 6.24. The van der Waals surface area contributed by atoms with Crippen LogP contribution in [-0.4, -0.2) is 36.1 Å². The monoisotopic (exact) mass is 319 g/mol. The lowest BCUT2D eigenvalue weighted by Gasteiger charge is -2.17. The Balaban J connectivity index is 0.000001000. The Morgan fingerprint density at radius 1 is 1.25 bits per heavy atom. The summed E-state index contributed by atoms with van der Waals surface area (Å²) in [5.41, 5.74) is 7.24. The third-order valence-electron chi connectivity index (χ3n) is 4.02. The van der Waals surface area contributed by atoms with E-state index in [1.54, 1.807) is 0 Å². The maximum atomic E-state index is 6.24. The largest absolute Gasteiger partial charge is 0.373 e. The molecule has 0 radical (unpaired) electrons. The molecule has 114 valence electrons. The standard InChI is InChI=1S/C13H21N5.2ClH/c1-8-5-12(15-2)17-13(16-8)18-6-10(9-3-4-9)11(14)7-18;;/h5,9-11H,3-4,6-7,14H2,1-2H3,(H,15,16,17);2*1H/t10-,11+;;/m1../s1. The first-order chi connectivity index (χ1) is 8.67. The average Bonchev–Trinajstić information content (AvgIpc) is 3.12. The van der Waals surface area contributed by atoms with Gasteiger partial charge >= 0.3 is 0 Å². The maximum Gasteiger partial charge on any atom is 0.227 e. The van der Waals surface area contributed by atoms with Crippen molar-refractivity contribution in [2.24, 2.45) is 17.6 Å². The third-order valence-corrected chi connectivity index (χ3v) is 4.02. The zero-order valence-electron chi connectivity index (χ0n) is 11.9. The first-order valence-corrected chi connectivity index (χ1v) is 6.71. The van der Waals surface area contributed by atoms with E-state index >= 15 is 0 Å². The van der Waals surface area contributed by atoms with Crippen LogP contribution >= 0.6 is 24.8 Å². The summed E-state index contributed by atoms with van der Waals surface area (Å²) >= 11 is 0. The van der Waals surface area contributed by atoms with Crippen molar-refractivity contribution >= 4 is 36.6 Å². The number of hydrogen-bond donors (Lipinski definition) is 2. The summed E-state index contributed by atoms with van der Waals surface area (Å²) in [5.74, 6) is 3.17. The molecule has 3 N–H and O–H groups in total. The second-order valence-corrected chi connectivity index (χ2v) is 5.51. The molecule has 7 heteroatoms. The van der Waals surface area contributed by atoms with Gasteiger partial charge in [0.1, 0.15) is 5.82 Å². The van der Waals surface area contributed by atoms with Gasteiger partial charge in [-0.2, -0.15) is 4.98 Å². The minimum absolute atomic E-state index is 0. The van der Waals surface area contributed by atoms with Crippen LogP contribution in [0.5, 0.6) is 0 Å². The normalized spacial score (nSPS) is 24.9. The fourth-order valence-corrected chi connectivity index (χ4v) is 2.86. The molecule has 0 aromatic carbocycles. The van der Waals surface area contributed by atoms with Crippen molar-refractivity contribution in [3.63, 3.8) is 0 Å². The fraction of sp³-hybridized carbons (Fsp3) is 0.692. The van der Waals surface area contributed by atoms with Gasteiger partial charge in [0.25, 0.3) is 0 Å². The highest BCUT2D eigenvalue weighted by Crippen LogP contribution is 2.41. The molecule has 1 saturated heterocycles. The van der Waals surface area contributed by atoms with E-state index in [9.17, 15) is 0 Å². The van der Waals surface area contributed by atoms with Crippen molar-refractivity contribution in [2.75, 3.05) is 30.4 Å². The first-order valence-electron chi connectivity index (χ1n) is 6.71. The van der Waals surface area contributed by atoms with Gasteiger partial charge in [0, 0.05) is 37.9 Å². The number of aromatic nitrogens is 2. The summed E-state index contributed by atoms with van der Waals surface area (Å²) in [6.07, 6.45) is 2.70. The second kappa shape index (κ2) is 6.78. The number of nitrogens with two attached hydrogens (primary N) is 1. The van der Waals surface area contributed by atoms with Crippen molar-refractivity contribution in [3.8, 4) is 0 Å². The van der Waals surface area contributed by atoms with Gasteiger partial charge < -0.3 is 16.0 Å². The first kappa shape index (κ1) is 17.3. The number of hydrogen-bond acceptors (Lipinski definition) is 5. The summed E-state index contributed by atoms with van der Waals surface area (Å²) in [5, 5.41) is 3.08. The highest BCUT2D eigenvalue weighted by molar-refractivity contribution is 5.85. The van der Waals surface area contributed by atoms with E-state index < -0.39 is 0 Å². The Morgan fingerprint density at radius 2 is 1.95 bits per heavy atom. The van der Waals surface area contributed by atoms with Gasteiger partial charge in [-0.3, -0.25) is 0 Å². The minimum atomic E-state index is 0. The molecule has 0 amide bonds. The van der Waals surface area contributed by atoms with Crippen LogP contribution in [0, 0.1) is 18.8 Å². The SMILES string of the molecule is CNc1cc(C)nc(N2C[C@H](C3CC3)[C@@H](N)C2)n1.Cl.Cl. The Bertz CT molecular complexity index is 452. The summed E-state index contributed by atoms with van der Waals surface area (Å²) in [6.45, 7) is 3.90. The molecule has 1 aliphatic carbocycles. The van der Waals surface area contributed by atoms with E-state index in [0.717, 1.165) is 36.5 Å². The van der Waals surface area contributed by atoms with Crippen molar-refractivity contribution in [1.29, 1.82) is 0 Å². The second-order valence-electron chi connectivity index (χ2n) is 5.51. The summed E-state index contributed by atoms with van der Waals surface area (Å²) < 4.78 is 0. The molecule has 1 aromatic heterocycles. The number of halogens is 2. The van der Waals surface area contributed by atoms with Crippen LogP contribution in [0.2, 0.25) is 0 Å². The quantitative estimate of drug-likeness (QED) is 0.890. The number of aryl methyl sites for hydroxylation is 1. The molecular weight excluding hydrogens is 297 g/mol. The van der Waals surface area contributed by atoms with Gasteiger partial charge in [-0.05, 0) is 31.6 Å². The number of rotatable bonds is 3. The number of anilines is 2. The number of nitrogens with one attached hydrogen (secondary N) is 1. The smallest absolute Gasteiger partial charge is 0.227 e. The van der Waals surface area contributed by atoms with Crippen LogP contribution in [0.1, 0.15) is 18.5 Å². The highest BCUT2D eigenvalue weighted by atomic mass is 35.5. The van der Waals surface area contributed by atoms with Gasteiger partial charge in [-0.1, -0.05) is 0 Å². The van der Waals surface area contributed by atoms with Crippen molar-refractivity contribution in [3.05, 3.63) is 11.8 Å². The van der Waals surface area contributed by atoms with Crippen molar-refractivity contribution < 1.29 is 0 Å². The predicted octanol–water partition coefficient (Wildman–Crippen LogP) is 1.84. The minimum Gasteiger partial charge on any atom is -0.373 e. The number of nitrogens with zero attached hydrogens (tertiary/aromatic N) is 3. The van der Waals surface area contributed by atoms with Crippen LogP contribution in [0.25, 0.3) is 0 Å². The molecule has 1 aliphatic heterocycles. The van der Waals surface area contributed by atoms with Crippen LogP contribution in [0.15, 0.2) is 6.07 Å². The van der Waals surface area contributed by atoms with E-state index in [1.165, 1.54) is 12.8 Å². The molecule has 0 unspecified atom stereocenters. The zero-order chi connectivity index (χ0) is 12.7. The Hall–Kier alpha value is -0.780. The Labute approximate surface area is 132 Å². The van der Waals surface area contributed by atoms with E-state index in [0.29, 0.717) is 5.92 Å². The van der Waals surface area contributed by atoms with E-state index in [1.807, 2.05) is 20.0 Å². The molecule has 0 spiro atoms. The van der Waals surface area contributed by atoms with Crippen molar-refractivity contribution in [2.45, 2.75) is 25.8 Å². The Kier molecular flexibility index (Phi) is 5.86. The summed E-state index contributed by atoms with van der Waals surface area (Å²) in [7, 11) is 1.88. The molecule has 1 aromatic rings. The lowest BCUT2D eigenvalue weighted by atomic mass is 9.99. The molecule has 2 fully saturated rings. The van der Waals surface area contributed by atoms with E-state index in [2.05, 4.69) is 20.2 Å². The lowest BCUT2D eigenvalue weighted by molar-refractivity contribution is 0.456. The molecule has 2 aliphatic rings. The molecule has 0 bridgehead atoms. The topological polar surface area (TPSA) is 67.1 Å². The summed E-state index contributed by atoms with van der Waals surface area (Å²) in [4.78, 5) is 11.3. The van der Waals surface area contributed by atoms with Gasteiger partial charge in [0.2, 0.25) is 5.95 Å². The highest BCUT2D eigenvalue weighted by Gasteiger charge is 2.41. The van der Waals surface area contributed by atoms with Gasteiger partial charge in [-0.25, -0.2) is 4.98 Å². The average molecular weight is 320 g/mol. The molecule has 2 heterocycles. The van der Waals surface area contributed by atoms with E-state index in [-0.39, 0.29) is 30.9 Å². The molecule has 5 nitrogen and oxygen atoms in total. The van der Waals surface area contributed by atoms with Crippen LogP contribution in [0.3, 0.4) is 0 Å². The van der Waals surface area contributed by atoms with Crippen LogP contribution in [-0.2, 0) is 0 Å². The summed E-state index contributed by atoms with van der Waals surface area (Å²) in [6, 6.07) is 2.23. The van der Waals surface area contributed by atoms with Gasteiger partial charge in [0.05, 0.1) is 0 Å². The third kappa shape index (κ3) is 3.45. The molecule has 3 rings (SSSR count). The van der Waals surface area contributed by atoms with Crippen LogP contribution in [0.4, 0.5) is 11.8 Å². The predicted molar refractivity (Wildman–Crippen MR) is 87.2 cm³/mol. The molecular formula is C13H23Cl2N5. The lowest BCUT2D eigenvalue weighted by Crippen LogP contribution is -2.30. The van der Waals surface area contributed by atoms with Gasteiger partial charge in [-0.15, -0.1) is 24.8 Å².